The molecule has 4 aromatic rings. The van der Waals surface area contributed by atoms with Crippen LogP contribution in [0.4, 0.5) is 10.1 Å². The molecule has 0 aliphatic rings. The summed E-state index contributed by atoms with van der Waals surface area (Å²) < 4.78 is 15.6. The second-order valence-corrected chi connectivity index (χ2v) is 6.80. The summed E-state index contributed by atoms with van der Waals surface area (Å²) >= 11 is 1.26. The molecule has 134 valence electrons. The maximum absolute atomic E-state index is 14.1. The number of hydrogen-bond donors (Lipinski definition) is 1. The third-order valence-corrected chi connectivity index (χ3v) is 5.11. The Morgan fingerprint density at radius 3 is 2.70 bits per heavy atom. The van der Waals surface area contributed by atoms with E-state index in [0.29, 0.717) is 33.0 Å². The quantitative estimate of drug-likeness (QED) is 0.332. The molecule has 2 aromatic heterocycles. The first kappa shape index (κ1) is 17.2. The van der Waals surface area contributed by atoms with Crippen molar-refractivity contribution in [1.29, 1.82) is 0 Å². The van der Waals surface area contributed by atoms with E-state index in [1.807, 2.05) is 6.07 Å². The molecule has 0 saturated heterocycles. The van der Waals surface area contributed by atoms with E-state index in [1.54, 1.807) is 54.9 Å². The van der Waals surface area contributed by atoms with Crippen molar-refractivity contribution in [3.63, 3.8) is 0 Å². The average Bonchev–Trinajstić information content (AvgIpc) is 2.68. The Bertz CT molecular complexity index is 1160. The normalized spacial score (nSPS) is 11.0. The van der Waals surface area contributed by atoms with Crippen molar-refractivity contribution in [1.82, 2.24) is 14.5 Å². The number of nitrogens with two attached hydrogens (primary N) is 1. The molecule has 0 fully saturated rings. The minimum absolute atomic E-state index is 0.197. The molecule has 0 aliphatic carbocycles. The van der Waals surface area contributed by atoms with Crippen molar-refractivity contribution in [3.05, 3.63) is 88.7 Å². The number of pyridine rings is 1. The molecular formula is C20H15FN4OS. The standard InChI is InChI=1S/C20H15FN4OS/c21-16-7-3-8-17(22)15(16)12-27-20-24-18-9-2-1-6-14(18)19(26)25(20)13-5-4-10-23-11-13/h1-11H,12,22H2. The Balaban J connectivity index is 1.85. The number of anilines is 1. The minimum Gasteiger partial charge on any atom is -0.398 e. The third kappa shape index (κ3) is 3.29. The summed E-state index contributed by atoms with van der Waals surface area (Å²) in [6, 6.07) is 15.3. The van der Waals surface area contributed by atoms with Gasteiger partial charge in [0, 0.05) is 23.2 Å². The lowest BCUT2D eigenvalue weighted by molar-refractivity contribution is 0.618. The second-order valence-electron chi connectivity index (χ2n) is 5.86. The van der Waals surface area contributed by atoms with Crippen LogP contribution in [0.2, 0.25) is 0 Å². The number of halogens is 1. The molecule has 27 heavy (non-hydrogen) atoms. The SMILES string of the molecule is Nc1cccc(F)c1CSc1nc2ccccc2c(=O)n1-c1cccnc1. The van der Waals surface area contributed by atoms with Crippen LogP contribution < -0.4 is 11.3 Å². The number of thioether (sulfide) groups is 1. The predicted molar refractivity (Wildman–Crippen MR) is 106 cm³/mol. The highest BCUT2D eigenvalue weighted by atomic mass is 32.2. The van der Waals surface area contributed by atoms with Gasteiger partial charge in [0.15, 0.2) is 5.16 Å². The summed E-state index contributed by atoms with van der Waals surface area (Å²) in [6.07, 6.45) is 3.23. The summed E-state index contributed by atoms with van der Waals surface area (Å²) in [5.74, 6) is -0.123. The average molecular weight is 378 g/mol. The second kappa shape index (κ2) is 7.20. The van der Waals surface area contributed by atoms with Crippen molar-refractivity contribution in [2.75, 3.05) is 5.73 Å². The summed E-state index contributed by atoms with van der Waals surface area (Å²) in [4.78, 5) is 21.8. The lowest BCUT2D eigenvalue weighted by atomic mass is 10.2. The highest BCUT2D eigenvalue weighted by Gasteiger charge is 2.15. The number of nitrogen functional groups attached to an aromatic ring is 1. The first-order valence-electron chi connectivity index (χ1n) is 8.23. The topological polar surface area (TPSA) is 73.8 Å². The van der Waals surface area contributed by atoms with Crippen molar-refractivity contribution in [2.24, 2.45) is 0 Å². The number of para-hydroxylation sites is 1. The van der Waals surface area contributed by atoms with Crippen LogP contribution in [-0.2, 0) is 5.75 Å². The number of rotatable bonds is 4. The van der Waals surface area contributed by atoms with E-state index in [2.05, 4.69) is 9.97 Å². The molecule has 4 rings (SSSR count). The maximum atomic E-state index is 14.1. The highest BCUT2D eigenvalue weighted by molar-refractivity contribution is 7.98. The molecule has 0 spiro atoms. The minimum atomic E-state index is -0.376. The van der Waals surface area contributed by atoms with Crippen LogP contribution in [0, 0.1) is 5.82 Å². The van der Waals surface area contributed by atoms with E-state index >= 15 is 0 Å². The van der Waals surface area contributed by atoms with Crippen LogP contribution in [0.3, 0.4) is 0 Å². The van der Waals surface area contributed by atoms with Gasteiger partial charge in [-0.15, -0.1) is 0 Å². The van der Waals surface area contributed by atoms with Crippen molar-refractivity contribution in [2.45, 2.75) is 10.9 Å². The molecule has 0 amide bonds. The Morgan fingerprint density at radius 1 is 1.07 bits per heavy atom. The van der Waals surface area contributed by atoms with Crippen molar-refractivity contribution in [3.8, 4) is 5.69 Å². The maximum Gasteiger partial charge on any atom is 0.266 e. The molecule has 2 heterocycles. The smallest absolute Gasteiger partial charge is 0.266 e. The fourth-order valence-corrected chi connectivity index (χ4v) is 3.85. The number of hydrogen-bond acceptors (Lipinski definition) is 5. The summed E-state index contributed by atoms with van der Waals surface area (Å²) in [6.45, 7) is 0. The van der Waals surface area contributed by atoms with E-state index in [9.17, 15) is 9.18 Å². The van der Waals surface area contributed by atoms with Gasteiger partial charge in [0.25, 0.3) is 5.56 Å². The van der Waals surface area contributed by atoms with Gasteiger partial charge in [0.2, 0.25) is 0 Å². The van der Waals surface area contributed by atoms with Crippen LogP contribution in [0.25, 0.3) is 16.6 Å². The molecule has 0 aliphatic heterocycles. The van der Waals surface area contributed by atoms with Crippen LogP contribution in [0.1, 0.15) is 5.56 Å². The zero-order valence-corrected chi connectivity index (χ0v) is 15.0. The third-order valence-electron chi connectivity index (χ3n) is 4.15. The first-order chi connectivity index (χ1) is 13.1. The van der Waals surface area contributed by atoms with Gasteiger partial charge in [-0.1, -0.05) is 30.0 Å². The molecule has 2 aromatic carbocycles. The Morgan fingerprint density at radius 2 is 1.93 bits per heavy atom. The monoisotopic (exact) mass is 378 g/mol. The van der Waals surface area contributed by atoms with Crippen LogP contribution in [0.5, 0.6) is 0 Å². The van der Waals surface area contributed by atoms with Gasteiger partial charge in [-0.3, -0.25) is 14.3 Å². The van der Waals surface area contributed by atoms with Gasteiger partial charge in [-0.25, -0.2) is 9.37 Å². The van der Waals surface area contributed by atoms with Crippen LogP contribution in [-0.4, -0.2) is 14.5 Å². The number of fused-ring (bicyclic) bond motifs is 1. The van der Waals surface area contributed by atoms with E-state index < -0.39 is 0 Å². The van der Waals surface area contributed by atoms with Gasteiger partial charge >= 0.3 is 0 Å². The zero-order valence-electron chi connectivity index (χ0n) is 14.2. The Kier molecular flexibility index (Phi) is 4.60. The van der Waals surface area contributed by atoms with E-state index in [4.69, 9.17) is 5.73 Å². The molecule has 0 atom stereocenters. The number of nitrogens with zero attached hydrogens (tertiary/aromatic N) is 3. The van der Waals surface area contributed by atoms with Crippen molar-refractivity contribution < 1.29 is 4.39 Å². The lowest BCUT2D eigenvalue weighted by Crippen LogP contribution is -2.21. The summed E-state index contributed by atoms with van der Waals surface area (Å²) in [5.41, 5.74) is 7.66. The summed E-state index contributed by atoms with van der Waals surface area (Å²) in [5, 5.41) is 0.963. The van der Waals surface area contributed by atoms with Gasteiger partial charge in [0.05, 0.1) is 22.8 Å². The molecule has 2 N–H and O–H groups in total. The molecule has 0 saturated carbocycles. The number of aromatic nitrogens is 3. The largest absolute Gasteiger partial charge is 0.398 e. The van der Waals surface area contributed by atoms with E-state index in [1.165, 1.54) is 22.4 Å². The van der Waals surface area contributed by atoms with Crippen LogP contribution in [0.15, 0.2) is 76.9 Å². The first-order valence-corrected chi connectivity index (χ1v) is 9.21. The molecule has 0 unspecified atom stereocenters. The fraction of sp³-hybridized carbons (Fsp3) is 0.0500. The van der Waals surface area contributed by atoms with Gasteiger partial charge in [0.1, 0.15) is 5.82 Å². The fourth-order valence-electron chi connectivity index (χ4n) is 2.79. The highest BCUT2D eigenvalue weighted by Crippen LogP contribution is 2.28. The Hall–Kier alpha value is -3.19. The molecule has 7 heteroatoms. The van der Waals surface area contributed by atoms with Crippen LogP contribution >= 0.6 is 11.8 Å². The van der Waals surface area contributed by atoms with Gasteiger partial charge in [-0.05, 0) is 36.4 Å². The number of benzene rings is 2. The Labute approximate surface area is 158 Å². The summed E-state index contributed by atoms with van der Waals surface area (Å²) in [7, 11) is 0. The molecular weight excluding hydrogens is 363 g/mol. The molecule has 5 nitrogen and oxygen atoms in total. The van der Waals surface area contributed by atoms with E-state index in [0.717, 1.165) is 0 Å². The molecule has 0 bridgehead atoms. The predicted octanol–water partition coefficient (Wildman–Crippen LogP) is 3.79. The van der Waals surface area contributed by atoms with Gasteiger partial charge < -0.3 is 5.73 Å². The lowest BCUT2D eigenvalue weighted by Gasteiger charge is -2.13. The molecule has 0 radical (unpaired) electrons. The van der Waals surface area contributed by atoms with E-state index in [-0.39, 0.29) is 17.1 Å². The van der Waals surface area contributed by atoms with Crippen molar-refractivity contribution >= 4 is 28.4 Å². The zero-order chi connectivity index (χ0) is 18.8. The van der Waals surface area contributed by atoms with Gasteiger partial charge in [-0.2, -0.15) is 0 Å².